The Hall–Kier alpha value is -1.56. The lowest BCUT2D eigenvalue weighted by molar-refractivity contribution is -0.110. The Morgan fingerprint density at radius 3 is 2.77 bits per heavy atom. The van der Waals surface area contributed by atoms with Crippen molar-refractivity contribution in [3.63, 3.8) is 0 Å². The molecule has 0 aliphatic carbocycles. The Balaban J connectivity index is 1.78. The highest BCUT2D eigenvalue weighted by Gasteiger charge is 2.08. The molecule has 2 aromatic rings. The molecule has 0 bridgehead atoms. The van der Waals surface area contributed by atoms with Gasteiger partial charge in [0.25, 0.3) is 0 Å². The average molecular weight is 315 g/mol. The van der Waals surface area contributed by atoms with E-state index in [2.05, 4.69) is 37.2 Å². The van der Waals surface area contributed by atoms with Crippen LogP contribution in [0.3, 0.4) is 0 Å². The summed E-state index contributed by atoms with van der Waals surface area (Å²) in [6.07, 6.45) is 6.36. The molecule has 1 aromatic heterocycles. The highest BCUT2D eigenvalue weighted by atomic mass is 32.2. The van der Waals surface area contributed by atoms with Gasteiger partial charge < -0.3 is 0 Å². The van der Waals surface area contributed by atoms with Crippen molar-refractivity contribution in [2.75, 3.05) is 0 Å². The van der Waals surface area contributed by atoms with Gasteiger partial charge >= 0.3 is 0 Å². The molecule has 0 atom stereocenters. The molecule has 0 saturated heterocycles. The van der Waals surface area contributed by atoms with Crippen molar-refractivity contribution in [2.24, 2.45) is 0 Å². The predicted octanol–water partition coefficient (Wildman–Crippen LogP) is 2.46. The van der Waals surface area contributed by atoms with Crippen molar-refractivity contribution in [2.45, 2.75) is 50.4 Å². The molecule has 2 rings (SSSR count). The number of rotatable bonds is 8. The third kappa shape index (κ3) is 5.33. The van der Waals surface area contributed by atoms with Crippen molar-refractivity contribution >= 4 is 24.7 Å². The molecule has 116 valence electrons. The van der Waals surface area contributed by atoms with Crippen molar-refractivity contribution in [3.05, 3.63) is 41.7 Å². The molecule has 0 aliphatic heterocycles. The number of nitrogens with zero attached hydrogens (tertiary/aromatic N) is 3. The zero-order chi connectivity index (χ0) is 15.8. The minimum atomic E-state index is 0.173. The van der Waals surface area contributed by atoms with Crippen molar-refractivity contribution in [3.8, 4) is 0 Å². The van der Waals surface area contributed by atoms with Gasteiger partial charge in [0.05, 0.1) is 5.69 Å². The Labute approximate surface area is 137 Å². The van der Waals surface area contributed by atoms with E-state index < -0.39 is 0 Å². The molecule has 0 aliphatic rings. The maximum absolute atomic E-state index is 12.0. The van der Waals surface area contributed by atoms with Gasteiger partial charge in [0.1, 0.15) is 7.85 Å². The molecule has 0 spiro atoms. The summed E-state index contributed by atoms with van der Waals surface area (Å²) in [7, 11) is 2.13. The lowest BCUT2D eigenvalue weighted by atomic mass is 9.97. The van der Waals surface area contributed by atoms with E-state index >= 15 is 0 Å². The summed E-state index contributed by atoms with van der Waals surface area (Å²) < 4.78 is 1.86. The van der Waals surface area contributed by atoms with E-state index in [9.17, 15) is 4.79 Å². The standard InChI is InChI=1S/C16H22BN3OS/c1-2-3-10-20-12-14(18-19-20)6-9-16(21)22-15-7-4-13(11-17)5-8-15/h4-5,7-8,12H,2-3,6,9-11,17H2,1H3. The number of carbonyl (C=O) groups is 1. The summed E-state index contributed by atoms with van der Waals surface area (Å²) in [5.41, 5.74) is 2.19. The fraction of sp³-hybridized carbons (Fsp3) is 0.438. The van der Waals surface area contributed by atoms with Crippen LogP contribution >= 0.6 is 11.8 Å². The Bertz CT molecular complexity index is 598. The van der Waals surface area contributed by atoms with Gasteiger partial charge in [0.15, 0.2) is 5.12 Å². The first-order valence-electron chi connectivity index (χ1n) is 7.90. The van der Waals surface area contributed by atoms with Gasteiger partial charge in [-0.1, -0.05) is 54.3 Å². The first-order valence-corrected chi connectivity index (χ1v) is 8.71. The SMILES string of the molecule is BCc1ccc(SC(=O)CCc2cn(CCCC)nn2)cc1. The number of hydrogen-bond acceptors (Lipinski definition) is 4. The molecule has 0 saturated carbocycles. The van der Waals surface area contributed by atoms with E-state index in [1.54, 1.807) is 0 Å². The minimum absolute atomic E-state index is 0.173. The largest absolute Gasteiger partial charge is 0.287 e. The van der Waals surface area contributed by atoms with Crippen LogP contribution < -0.4 is 0 Å². The van der Waals surface area contributed by atoms with Crippen LogP contribution in [0.15, 0.2) is 35.4 Å². The van der Waals surface area contributed by atoms with Gasteiger partial charge in [-0.05, 0) is 18.6 Å². The van der Waals surface area contributed by atoms with Crippen LogP contribution in [-0.2, 0) is 24.1 Å². The highest BCUT2D eigenvalue weighted by molar-refractivity contribution is 8.13. The van der Waals surface area contributed by atoms with E-state index in [0.717, 1.165) is 36.3 Å². The number of unbranched alkanes of at least 4 members (excludes halogenated alkanes) is 1. The van der Waals surface area contributed by atoms with Gasteiger partial charge in [0.2, 0.25) is 0 Å². The monoisotopic (exact) mass is 315 g/mol. The van der Waals surface area contributed by atoms with Gasteiger partial charge in [-0.3, -0.25) is 9.48 Å². The van der Waals surface area contributed by atoms with Crippen LogP contribution in [0.4, 0.5) is 0 Å². The molecule has 1 heterocycles. The molecular formula is C16H22BN3OS. The summed E-state index contributed by atoms with van der Waals surface area (Å²) in [5.74, 6) is 0. The van der Waals surface area contributed by atoms with Crippen LogP contribution in [0.2, 0.25) is 0 Å². The van der Waals surface area contributed by atoms with Crippen LogP contribution in [0, 0.1) is 0 Å². The highest BCUT2D eigenvalue weighted by Crippen LogP contribution is 2.21. The number of aryl methyl sites for hydroxylation is 2. The van der Waals surface area contributed by atoms with E-state index in [4.69, 9.17) is 0 Å². The van der Waals surface area contributed by atoms with Crippen LogP contribution in [-0.4, -0.2) is 28.0 Å². The lowest BCUT2D eigenvalue weighted by Crippen LogP contribution is -1.97. The average Bonchev–Trinajstić information content (AvgIpc) is 2.99. The quantitative estimate of drug-likeness (QED) is 0.555. The number of benzene rings is 1. The van der Waals surface area contributed by atoms with Gasteiger partial charge in [-0.15, -0.1) is 5.10 Å². The summed E-state index contributed by atoms with van der Waals surface area (Å²) in [6.45, 7) is 3.05. The third-order valence-electron chi connectivity index (χ3n) is 3.48. The van der Waals surface area contributed by atoms with Crippen molar-refractivity contribution < 1.29 is 4.79 Å². The van der Waals surface area contributed by atoms with Gasteiger partial charge in [-0.2, -0.15) is 0 Å². The van der Waals surface area contributed by atoms with Gasteiger partial charge in [0, 0.05) is 30.5 Å². The molecular weight excluding hydrogens is 293 g/mol. The predicted molar refractivity (Wildman–Crippen MR) is 92.8 cm³/mol. The topological polar surface area (TPSA) is 47.8 Å². The Morgan fingerprint density at radius 1 is 1.32 bits per heavy atom. The molecule has 0 amide bonds. The number of carbonyl (C=O) groups excluding carboxylic acids is 1. The van der Waals surface area contributed by atoms with E-state index in [1.807, 2.05) is 23.0 Å². The van der Waals surface area contributed by atoms with Gasteiger partial charge in [-0.25, -0.2) is 0 Å². The van der Waals surface area contributed by atoms with Crippen LogP contribution in [0.5, 0.6) is 0 Å². The number of aromatic nitrogens is 3. The fourth-order valence-electron chi connectivity index (χ4n) is 2.09. The van der Waals surface area contributed by atoms with Crippen LogP contribution in [0.1, 0.15) is 37.4 Å². The maximum Gasteiger partial charge on any atom is 0.194 e. The minimum Gasteiger partial charge on any atom is -0.287 e. The summed E-state index contributed by atoms with van der Waals surface area (Å²) in [4.78, 5) is 13.0. The second-order valence-corrected chi connectivity index (χ2v) is 6.43. The first kappa shape index (κ1) is 16.8. The second-order valence-electron chi connectivity index (χ2n) is 5.30. The van der Waals surface area contributed by atoms with E-state index in [-0.39, 0.29) is 5.12 Å². The van der Waals surface area contributed by atoms with Crippen molar-refractivity contribution in [1.82, 2.24) is 15.0 Å². The molecule has 0 fully saturated rings. The summed E-state index contributed by atoms with van der Waals surface area (Å²) in [5, 5.41) is 8.38. The lowest BCUT2D eigenvalue weighted by Gasteiger charge is -2.01. The Morgan fingerprint density at radius 2 is 2.09 bits per heavy atom. The molecule has 6 heteroatoms. The molecule has 0 unspecified atom stereocenters. The van der Waals surface area contributed by atoms with E-state index in [1.165, 1.54) is 17.3 Å². The molecule has 22 heavy (non-hydrogen) atoms. The van der Waals surface area contributed by atoms with Crippen molar-refractivity contribution in [1.29, 1.82) is 0 Å². The molecule has 0 radical (unpaired) electrons. The molecule has 4 nitrogen and oxygen atoms in total. The third-order valence-corrected chi connectivity index (χ3v) is 4.42. The molecule has 0 N–H and O–H groups in total. The zero-order valence-corrected chi connectivity index (χ0v) is 14.1. The summed E-state index contributed by atoms with van der Waals surface area (Å²) >= 11 is 1.31. The number of thioether (sulfide) groups is 1. The van der Waals surface area contributed by atoms with Crippen LogP contribution in [0.25, 0.3) is 0 Å². The smallest absolute Gasteiger partial charge is 0.194 e. The van der Waals surface area contributed by atoms with E-state index in [0.29, 0.717) is 12.8 Å². The second kappa shape index (κ2) is 8.78. The number of hydrogen-bond donors (Lipinski definition) is 0. The maximum atomic E-state index is 12.0. The zero-order valence-electron chi connectivity index (χ0n) is 13.3. The fourth-order valence-corrected chi connectivity index (χ4v) is 2.83. The molecule has 1 aromatic carbocycles. The first-order chi connectivity index (χ1) is 10.7. The Kier molecular flexibility index (Phi) is 6.71. The normalized spacial score (nSPS) is 10.8. The summed E-state index contributed by atoms with van der Waals surface area (Å²) in [6, 6.07) is 8.19.